The van der Waals surface area contributed by atoms with Crippen LogP contribution in [0.4, 0.5) is 5.95 Å². The Labute approximate surface area is 195 Å². The molecule has 1 aromatic carbocycles. The molecule has 0 spiro atoms. The van der Waals surface area contributed by atoms with Gasteiger partial charge in [0.15, 0.2) is 0 Å². The number of carbonyl (C=O) groups is 1. The van der Waals surface area contributed by atoms with Gasteiger partial charge in [0, 0.05) is 24.7 Å². The van der Waals surface area contributed by atoms with E-state index >= 15 is 0 Å². The van der Waals surface area contributed by atoms with Crippen LogP contribution in [0.2, 0.25) is 5.02 Å². The Kier molecular flexibility index (Phi) is 9.11. The number of carbonyl (C=O) groups excluding carboxylic acids is 1. The normalized spacial score (nSPS) is 15.4. The lowest BCUT2D eigenvalue weighted by Crippen LogP contribution is -2.34. The first kappa shape index (κ1) is 24.3. The van der Waals surface area contributed by atoms with Crippen molar-refractivity contribution in [3.05, 3.63) is 46.7 Å². The van der Waals surface area contributed by atoms with E-state index in [1.165, 1.54) is 0 Å². The summed E-state index contributed by atoms with van der Waals surface area (Å²) < 4.78 is 5.94. The topological polar surface area (TPSA) is 93.4 Å². The second kappa shape index (κ2) is 12.0. The third-order valence-corrected chi connectivity index (χ3v) is 6.14. The third-order valence-electron chi connectivity index (χ3n) is 5.95. The minimum Gasteiger partial charge on any atom is -0.494 e. The molecular formula is C24H34ClN5O2. The van der Waals surface area contributed by atoms with Gasteiger partial charge in [-0.1, -0.05) is 11.6 Å². The third kappa shape index (κ3) is 7.07. The lowest BCUT2D eigenvalue weighted by molar-refractivity contribution is 0.0938. The van der Waals surface area contributed by atoms with Crippen molar-refractivity contribution in [3.8, 4) is 5.75 Å². The van der Waals surface area contributed by atoms with E-state index in [0.29, 0.717) is 29.7 Å². The van der Waals surface area contributed by atoms with E-state index in [1.54, 1.807) is 12.4 Å². The molecule has 1 amide bonds. The van der Waals surface area contributed by atoms with E-state index in [0.717, 1.165) is 62.5 Å². The second-order valence-corrected chi connectivity index (χ2v) is 8.99. The van der Waals surface area contributed by atoms with Crippen LogP contribution in [0.1, 0.15) is 54.9 Å². The summed E-state index contributed by atoms with van der Waals surface area (Å²) in [5.41, 5.74) is 7.15. The van der Waals surface area contributed by atoms with Gasteiger partial charge < -0.3 is 20.7 Å². The van der Waals surface area contributed by atoms with Crippen LogP contribution in [0.15, 0.2) is 30.6 Å². The van der Waals surface area contributed by atoms with Crippen molar-refractivity contribution < 1.29 is 9.53 Å². The maximum absolute atomic E-state index is 12.4. The number of hydrogen-bond donors (Lipinski definition) is 2. The molecule has 1 aliphatic rings. The number of benzene rings is 1. The molecular weight excluding hydrogens is 426 g/mol. The number of anilines is 1. The molecule has 1 atom stereocenters. The molecule has 1 saturated heterocycles. The Morgan fingerprint density at radius 2 is 2.03 bits per heavy atom. The zero-order valence-electron chi connectivity index (χ0n) is 19.0. The van der Waals surface area contributed by atoms with Gasteiger partial charge in [-0.15, -0.1) is 0 Å². The number of halogens is 1. The molecule has 0 saturated carbocycles. The molecule has 0 aliphatic carbocycles. The van der Waals surface area contributed by atoms with Crippen molar-refractivity contribution in [3.63, 3.8) is 0 Å². The van der Waals surface area contributed by atoms with Crippen molar-refractivity contribution >= 4 is 23.5 Å². The van der Waals surface area contributed by atoms with Crippen LogP contribution in [-0.2, 0) is 0 Å². The number of amides is 1. The van der Waals surface area contributed by atoms with Gasteiger partial charge in [0.25, 0.3) is 5.91 Å². The van der Waals surface area contributed by atoms with Gasteiger partial charge in [0.1, 0.15) is 5.75 Å². The molecule has 0 bridgehead atoms. The summed E-state index contributed by atoms with van der Waals surface area (Å²) in [6.45, 7) is 7.09. The van der Waals surface area contributed by atoms with Gasteiger partial charge in [-0.25, -0.2) is 9.97 Å². The summed E-state index contributed by atoms with van der Waals surface area (Å²) in [5.74, 6) is 2.21. The molecule has 2 heterocycles. The van der Waals surface area contributed by atoms with Crippen LogP contribution in [0.25, 0.3) is 0 Å². The van der Waals surface area contributed by atoms with Crippen LogP contribution < -0.4 is 20.7 Å². The fraction of sp³-hybridized carbons (Fsp3) is 0.542. The van der Waals surface area contributed by atoms with Crippen molar-refractivity contribution in [1.82, 2.24) is 15.3 Å². The quantitative estimate of drug-likeness (QED) is 0.522. The van der Waals surface area contributed by atoms with Crippen LogP contribution in [0.5, 0.6) is 5.75 Å². The van der Waals surface area contributed by atoms with E-state index in [2.05, 4.69) is 20.2 Å². The first-order chi connectivity index (χ1) is 15.5. The monoisotopic (exact) mass is 459 g/mol. The standard InChI is InChI=1S/C24H34ClN5O2/c1-17-14-21(5-6-22(17)23(31)29-18(2)7-10-26)32-13-3-4-19-8-11-30(12-9-19)24-27-15-20(25)16-28-24/h5-6,14-16,18-19H,3-4,7-13,26H2,1-2H3,(H,29,31)/t18-/m0/s1. The number of aromatic nitrogens is 2. The highest BCUT2D eigenvalue weighted by Crippen LogP contribution is 2.25. The lowest BCUT2D eigenvalue weighted by atomic mass is 9.92. The summed E-state index contributed by atoms with van der Waals surface area (Å²) >= 11 is 5.87. The Morgan fingerprint density at radius 1 is 1.31 bits per heavy atom. The number of ether oxygens (including phenoxy) is 1. The Hall–Kier alpha value is -2.38. The molecule has 8 heteroatoms. The smallest absolute Gasteiger partial charge is 0.251 e. The fourth-order valence-corrected chi connectivity index (χ4v) is 4.15. The first-order valence-electron chi connectivity index (χ1n) is 11.4. The molecule has 3 rings (SSSR count). The molecule has 1 aliphatic heterocycles. The minimum atomic E-state index is -0.0645. The number of rotatable bonds is 10. The van der Waals surface area contributed by atoms with Crippen molar-refractivity contribution in [2.75, 3.05) is 31.1 Å². The Balaban J connectivity index is 1.37. The van der Waals surface area contributed by atoms with Crippen molar-refractivity contribution in [2.45, 2.75) is 52.0 Å². The van der Waals surface area contributed by atoms with Gasteiger partial charge in [-0.2, -0.15) is 0 Å². The number of nitrogens with one attached hydrogen (secondary N) is 1. The van der Waals surface area contributed by atoms with Crippen LogP contribution in [0, 0.1) is 12.8 Å². The predicted octanol–water partition coefficient (Wildman–Crippen LogP) is 3.98. The zero-order valence-corrected chi connectivity index (χ0v) is 19.8. The molecule has 32 heavy (non-hydrogen) atoms. The molecule has 0 unspecified atom stereocenters. The van der Waals surface area contributed by atoms with Gasteiger partial charge in [0.05, 0.1) is 24.0 Å². The van der Waals surface area contributed by atoms with E-state index in [9.17, 15) is 4.79 Å². The second-order valence-electron chi connectivity index (χ2n) is 8.55. The summed E-state index contributed by atoms with van der Waals surface area (Å²) in [5, 5.41) is 3.55. The minimum absolute atomic E-state index is 0.0633. The van der Waals surface area contributed by atoms with Crippen LogP contribution in [0.3, 0.4) is 0 Å². The van der Waals surface area contributed by atoms with E-state index < -0.39 is 0 Å². The highest BCUT2D eigenvalue weighted by molar-refractivity contribution is 6.30. The number of nitrogens with zero attached hydrogens (tertiary/aromatic N) is 3. The van der Waals surface area contributed by atoms with Gasteiger partial charge >= 0.3 is 0 Å². The Bertz CT molecular complexity index is 869. The zero-order chi connectivity index (χ0) is 22.9. The number of nitrogens with two attached hydrogens (primary N) is 1. The molecule has 2 aromatic rings. The molecule has 3 N–H and O–H groups in total. The lowest BCUT2D eigenvalue weighted by Gasteiger charge is -2.31. The SMILES string of the molecule is Cc1cc(OCCCC2CCN(c3ncc(Cl)cn3)CC2)ccc1C(=O)N[C@@H](C)CCN. The molecule has 174 valence electrons. The van der Waals surface area contributed by atoms with E-state index in [1.807, 2.05) is 32.0 Å². The Morgan fingerprint density at radius 3 is 2.69 bits per heavy atom. The summed E-state index contributed by atoms with van der Waals surface area (Å²) in [6.07, 6.45) is 8.50. The predicted molar refractivity (Wildman–Crippen MR) is 128 cm³/mol. The number of hydrogen-bond acceptors (Lipinski definition) is 6. The average molecular weight is 460 g/mol. The largest absolute Gasteiger partial charge is 0.494 e. The molecule has 7 nitrogen and oxygen atoms in total. The van der Waals surface area contributed by atoms with Gasteiger partial charge in [0.2, 0.25) is 5.95 Å². The van der Waals surface area contributed by atoms with Gasteiger partial charge in [-0.3, -0.25) is 4.79 Å². The van der Waals surface area contributed by atoms with E-state index in [4.69, 9.17) is 22.1 Å². The van der Waals surface area contributed by atoms with Gasteiger partial charge in [-0.05, 0) is 82.2 Å². The van der Waals surface area contributed by atoms with E-state index in [-0.39, 0.29) is 11.9 Å². The average Bonchev–Trinajstić information content (AvgIpc) is 2.78. The highest BCUT2D eigenvalue weighted by Gasteiger charge is 2.20. The number of aryl methyl sites for hydroxylation is 1. The summed E-state index contributed by atoms with van der Waals surface area (Å²) in [7, 11) is 0. The molecule has 0 radical (unpaired) electrons. The number of piperidine rings is 1. The highest BCUT2D eigenvalue weighted by atomic mass is 35.5. The maximum Gasteiger partial charge on any atom is 0.251 e. The van der Waals surface area contributed by atoms with Crippen LogP contribution >= 0.6 is 11.6 Å². The van der Waals surface area contributed by atoms with Crippen molar-refractivity contribution in [2.24, 2.45) is 11.7 Å². The fourth-order valence-electron chi connectivity index (χ4n) is 4.06. The molecule has 1 aromatic heterocycles. The first-order valence-corrected chi connectivity index (χ1v) is 11.8. The molecule has 1 fully saturated rings. The summed E-state index contributed by atoms with van der Waals surface area (Å²) in [6, 6.07) is 5.71. The summed E-state index contributed by atoms with van der Waals surface area (Å²) in [4.78, 5) is 23.3. The maximum atomic E-state index is 12.4. The van der Waals surface area contributed by atoms with Crippen LogP contribution in [-0.4, -0.2) is 48.2 Å². The van der Waals surface area contributed by atoms with Crippen molar-refractivity contribution in [1.29, 1.82) is 0 Å².